The summed E-state index contributed by atoms with van der Waals surface area (Å²) in [6, 6.07) is 10.7. The zero-order chi connectivity index (χ0) is 13.7. The number of benzene rings is 1. The molecule has 0 aromatic heterocycles. The number of rotatable bonds is 6. The van der Waals surface area contributed by atoms with E-state index < -0.39 is 10.2 Å². The second-order valence-corrected chi connectivity index (χ2v) is 7.92. The molecule has 0 fully saturated rings. The summed E-state index contributed by atoms with van der Waals surface area (Å²) in [7, 11) is -0.859. The van der Waals surface area contributed by atoms with E-state index in [1.165, 1.54) is 23.3 Å². The lowest BCUT2D eigenvalue weighted by Gasteiger charge is -2.42. The van der Waals surface area contributed by atoms with E-state index in [9.17, 15) is 0 Å². The van der Waals surface area contributed by atoms with Crippen LogP contribution < -0.4 is 0 Å². The average molecular weight is 275 g/mol. The van der Waals surface area contributed by atoms with Crippen LogP contribution in [-0.4, -0.2) is 23.1 Å². The largest absolute Gasteiger partial charge is 0.261 e. The Bertz CT molecular complexity index is 459. The molecule has 0 radical (unpaired) electrons. The van der Waals surface area contributed by atoms with E-state index in [4.69, 9.17) is 0 Å². The van der Waals surface area contributed by atoms with Crippen molar-refractivity contribution in [3.05, 3.63) is 52.8 Å². The monoisotopic (exact) mass is 275 g/mol. The van der Waals surface area contributed by atoms with Crippen molar-refractivity contribution in [2.45, 2.75) is 27.2 Å². The minimum atomic E-state index is -0.859. The summed E-state index contributed by atoms with van der Waals surface area (Å²) < 4.78 is 2.64. The van der Waals surface area contributed by atoms with Gasteiger partial charge in [0.1, 0.15) is 0 Å². The van der Waals surface area contributed by atoms with Crippen LogP contribution in [0.2, 0.25) is 0 Å². The lowest BCUT2D eigenvalue weighted by atomic mass is 10.1. The molecular weight excluding hydrogens is 250 g/mol. The van der Waals surface area contributed by atoms with E-state index >= 15 is 0 Å². The Morgan fingerprint density at radius 3 is 2.26 bits per heavy atom. The van der Waals surface area contributed by atoms with Gasteiger partial charge in [0.05, 0.1) is 0 Å². The van der Waals surface area contributed by atoms with E-state index in [1.54, 1.807) is 0 Å². The maximum atomic E-state index is 2.64. The van der Waals surface area contributed by atoms with E-state index in [0.29, 0.717) is 0 Å². The van der Waals surface area contributed by atoms with Gasteiger partial charge in [0, 0.05) is 13.1 Å². The molecule has 0 bridgehead atoms. The summed E-state index contributed by atoms with van der Waals surface area (Å²) in [5, 5.41) is 5.02. The first-order valence-corrected chi connectivity index (χ1v) is 9.15. The van der Waals surface area contributed by atoms with Crippen LogP contribution >= 0.6 is 10.2 Å². The molecule has 0 spiro atoms. The van der Waals surface area contributed by atoms with Crippen LogP contribution in [0.1, 0.15) is 32.8 Å². The third kappa shape index (κ3) is 2.96. The number of hydrogen-bond donors (Lipinski definition) is 0. The summed E-state index contributed by atoms with van der Waals surface area (Å²) in [5.74, 6) is 1.28. The molecule has 1 aromatic carbocycles. The van der Waals surface area contributed by atoms with Crippen LogP contribution in [0.4, 0.5) is 0 Å². The predicted molar refractivity (Wildman–Crippen MR) is 89.2 cm³/mol. The van der Waals surface area contributed by atoms with Gasteiger partial charge in [0.15, 0.2) is 0 Å². The molecule has 1 nitrogen and oxygen atoms in total. The summed E-state index contributed by atoms with van der Waals surface area (Å²) in [6.45, 7) is 9.11. The van der Waals surface area contributed by atoms with Gasteiger partial charge in [-0.15, -0.1) is 10.2 Å². The molecule has 0 aliphatic carbocycles. The van der Waals surface area contributed by atoms with Gasteiger partial charge >= 0.3 is 0 Å². The molecule has 1 unspecified atom stereocenters. The Morgan fingerprint density at radius 1 is 1.00 bits per heavy atom. The minimum absolute atomic E-state index is 0.859. The first kappa shape index (κ1) is 14.4. The molecular formula is C17H25NS. The van der Waals surface area contributed by atoms with Crippen molar-refractivity contribution in [3.63, 3.8) is 0 Å². The normalized spacial score (nSPS) is 25.4. The van der Waals surface area contributed by atoms with Gasteiger partial charge < -0.3 is 0 Å². The minimum Gasteiger partial charge on any atom is -0.261 e. The third-order valence-electron chi connectivity index (χ3n) is 3.64. The van der Waals surface area contributed by atoms with Crippen molar-refractivity contribution in [2.24, 2.45) is 0 Å². The first-order chi connectivity index (χ1) is 9.25. The van der Waals surface area contributed by atoms with Crippen molar-refractivity contribution in [1.29, 1.82) is 0 Å². The quantitative estimate of drug-likeness (QED) is 0.704. The fourth-order valence-corrected chi connectivity index (χ4v) is 6.30. The zero-order valence-electron chi connectivity index (χ0n) is 12.3. The van der Waals surface area contributed by atoms with E-state index in [1.807, 2.05) is 0 Å². The van der Waals surface area contributed by atoms with Crippen LogP contribution in [0.3, 0.4) is 0 Å². The van der Waals surface area contributed by atoms with Crippen molar-refractivity contribution < 1.29 is 0 Å². The summed E-state index contributed by atoms with van der Waals surface area (Å²) in [4.78, 5) is 0. The first-order valence-electron chi connectivity index (χ1n) is 7.27. The van der Waals surface area contributed by atoms with Crippen molar-refractivity contribution in [3.8, 4) is 0 Å². The summed E-state index contributed by atoms with van der Waals surface area (Å²) in [6.07, 6.45) is 3.58. The second-order valence-electron chi connectivity index (χ2n) is 4.87. The molecule has 1 aliphatic rings. The highest BCUT2D eigenvalue weighted by Crippen LogP contribution is 2.59. The number of nitrogens with zero attached hydrogens (tertiary/aromatic N) is 1. The lowest BCUT2D eigenvalue weighted by molar-refractivity contribution is 0.514. The molecule has 0 saturated carbocycles. The van der Waals surface area contributed by atoms with Gasteiger partial charge in [-0.25, -0.2) is 0 Å². The highest BCUT2D eigenvalue weighted by atomic mass is 32.3. The maximum absolute atomic E-state index is 2.64. The Kier molecular flexibility index (Phi) is 4.89. The second kappa shape index (κ2) is 6.44. The summed E-state index contributed by atoms with van der Waals surface area (Å²) >= 11 is 0. The molecule has 2 heteroatoms. The maximum Gasteiger partial charge on any atom is 0.00517 e. The fourth-order valence-electron chi connectivity index (χ4n) is 2.73. The van der Waals surface area contributed by atoms with Gasteiger partial charge in [-0.2, -0.15) is 0 Å². The molecule has 19 heavy (non-hydrogen) atoms. The Labute approximate surface area is 119 Å². The number of hydrogen-bond acceptors (Lipinski definition) is 1. The van der Waals surface area contributed by atoms with E-state index in [0.717, 1.165) is 13.1 Å². The predicted octanol–water partition coefficient (Wildman–Crippen LogP) is 5.03. The Balaban J connectivity index is 2.34. The SMILES string of the molecule is CCCS1(N(CC)CC)C=CC(c2ccccc2)=C1. The smallest absolute Gasteiger partial charge is 0.00517 e. The standard InChI is InChI=1S/C17H25NS/c1-4-13-19(18(5-2)6-3)14-12-17(15-19)16-10-8-7-9-11-16/h7-12,14-15H,4-6,13H2,1-3H3. The highest BCUT2D eigenvalue weighted by Gasteiger charge is 2.27. The van der Waals surface area contributed by atoms with Crippen LogP contribution in [0, 0.1) is 0 Å². The Morgan fingerprint density at radius 2 is 1.68 bits per heavy atom. The van der Waals surface area contributed by atoms with Gasteiger partial charge in [0.25, 0.3) is 0 Å². The number of allylic oxidation sites excluding steroid dienone is 2. The van der Waals surface area contributed by atoms with Crippen LogP contribution in [-0.2, 0) is 0 Å². The molecule has 104 valence electrons. The van der Waals surface area contributed by atoms with Crippen LogP contribution in [0.15, 0.2) is 47.2 Å². The highest BCUT2D eigenvalue weighted by molar-refractivity contribution is 8.36. The van der Waals surface area contributed by atoms with Crippen molar-refractivity contribution in [2.75, 3.05) is 18.8 Å². The molecule has 1 aliphatic heterocycles. The molecule has 0 amide bonds. The summed E-state index contributed by atoms with van der Waals surface area (Å²) in [5.41, 5.74) is 2.74. The third-order valence-corrected chi connectivity index (χ3v) is 7.45. The van der Waals surface area contributed by atoms with E-state index in [-0.39, 0.29) is 0 Å². The molecule has 0 saturated heterocycles. The van der Waals surface area contributed by atoms with Crippen molar-refractivity contribution >= 4 is 15.8 Å². The van der Waals surface area contributed by atoms with Crippen LogP contribution in [0.25, 0.3) is 5.57 Å². The fraction of sp³-hybridized carbons (Fsp3) is 0.412. The lowest BCUT2D eigenvalue weighted by Crippen LogP contribution is -2.26. The van der Waals surface area contributed by atoms with Gasteiger partial charge in [-0.05, 0) is 40.2 Å². The van der Waals surface area contributed by atoms with Gasteiger partial charge in [-0.3, -0.25) is 4.31 Å². The molecule has 0 N–H and O–H groups in total. The van der Waals surface area contributed by atoms with Gasteiger partial charge in [0.2, 0.25) is 0 Å². The van der Waals surface area contributed by atoms with Gasteiger partial charge in [-0.1, -0.05) is 51.1 Å². The zero-order valence-corrected chi connectivity index (χ0v) is 13.1. The Hall–Kier alpha value is -0.990. The molecule has 1 atom stereocenters. The molecule has 1 aromatic rings. The van der Waals surface area contributed by atoms with E-state index in [2.05, 4.69) is 72.3 Å². The van der Waals surface area contributed by atoms with Crippen LogP contribution in [0.5, 0.6) is 0 Å². The average Bonchev–Trinajstić information content (AvgIpc) is 2.87. The topological polar surface area (TPSA) is 3.24 Å². The van der Waals surface area contributed by atoms with Crippen molar-refractivity contribution in [1.82, 2.24) is 4.31 Å². The molecule has 1 heterocycles. The molecule has 2 rings (SSSR count).